The molecule has 78 valence electrons. The average molecular weight is 366 g/mol. The first kappa shape index (κ1) is 23.1. The largest absolute Gasteiger partial charge is 0.307 e. The van der Waals surface area contributed by atoms with Crippen LogP contribution in [0.1, 0.15) is 5.56 Å². The Labute approximate surface area is 98.8 Å². The Balaban J connectivity index is -0.0000000625. The van der Waals surface area contributed by atoms with Crippen molar-refractivity contribution in [3.05, 3.63) is 35.9 Å². The molecule has 0 bridgehead atoms. The maximum Gasteiger partial charge on any atom is 0.106 e. The van der Waals surface area contributed by atoms with Gasteiger partial charge in [0.15, 0.2) is 0 Å². The van der Waals surface area contributed by atoms with Crippen molar-refractivity contribution in [3.8, 4) is 0 Å². The van der Waals surface area contributed by atoms with Crippen molar-refractivity contribution in [2.24, 2.45) is 0 Å². The fourth-order valence-electron chi connectivity index (χ4n) is 0.534. The summed E-state index contributed by atoms with van der Waals surface area (Å²) in [4.78, 5) is 24.0. The van der Waals surface area contributed by atoms with Crippen LogP contribution in [0.15, 0.2) is 30.3 Å². The molecule has 0 atom stereocenters. The SMILES string of the molecule is C=O.C=O.C=O.Cc1ccccc1.[W]. The molecule has 0 radical (unpaired) electrons. The first-order valence-electron chi connectivity index (χ1n) is 3.28. The van der Waals surface area contributed by atoms with Crippen molar-refractivity contribution in [3.63, 3.8) is 0 Å². The van der Waals surface area contributed by atoms with E-state index in [0.29, 0.717) is 0 Å². The average Bonchev–Trinajstić information content (AvgIpc) is 2.28. The number of hydrogen-bond donors (Lipinski definition) is 0. The van der Waals surface area contributed by atoms with E-state index in [1.165, 1.54) is 5.56 Å². The number of aryl methyl sites for hydroxylation is 1. The smallest absolute Gasteiger partial charge is 0.106 e. The quantitative estimate of drug-likeness (QED) is 0.699. The monoisotopic (exact) mass is 366 g/mol. The predicted molar refractivity (Wildman–Crippen MR) is 52.5 cm³/mol. The van der Waals surface area contributed by atoms with E-state index >= 15 is 0 Å². The van der Waals surface area contributed by atoms with Gasteiger partial charge in [-0.15, -0.1) is 0 Å². The van der Waals surface area contributed by atoms with Crippen molar-refractivity contribution < 1.29 is 35.4 Å². The third kappa shape index (κ3) is 22.4. The summed E-state index contributed by atoms with van der Waals surface area (Å²) in [6, 6.07) is 10.3. The second-order valence-corrected chi connectivity index (χ2v) is 1.65. The Morgan fingerprint density at radius 3 is 1.21 bits per heavy atom. The van der Waals surface area contributed by atoms with E-state index in [1.807, 2.05) is 38.6 Å². The second-order valence-electron chi connectivity index (χ2n) is 1.65. The van der Waals surface area contributed by atoms with Crippen LogP contribution >= 0.6 is 0 Å². The molecule has 0 aliphatic rings. The number of rotatable bonds is 0. The zero-order chi connectivity index (χ0) is 11.1. The van der Waals surface area contributed by atoms with Gasteiger partial charge in [-0.2, -0.15) is 0 Å². The summed E-state index contributed by atoms with van der Waals surface area (Å²) in [5, 5.41) is 0. The van der Waals surface area contributed by atoms with E-state index in [-0.39, 0.29) is 21.1 Å². The zero-order valence-electron chi connectivity index (χ0n) is 8.14. The van der Waals surface area contributed by atoms with Crippen LogP contribution < -0.4 is 0 Å². The van der Waals surface area contributed by atoms with E-state index in [0.717, 1.165) is 0 Å². The zero-order valence-corrected chi connectivity index (χ0v) is 11.1. The molecule has 14 heavy (non-hydrogen) atoms. The molecule has 0 unspecified atom stereocenters. The molecule has 0 saturated heterocycles. The first-order chi connectivity index (χ1) is 6.39. The molecule has 0 spiro atoms. The van der Waals surface area contributed by atoms with Crippen molar-refractivity contribution in [2.45, 2.75) is 6.92 Å². The van der Waals surface area contributed by atoms with E-state index in [9.17, 15) is 0 Å². The third-order valence-electron chi connectivity index (χ3n) is 0.940. The van der Waals surface area contributed by atoms with Crippen LogP contribution in [0.25, 0.3) is 0 Å². The fraction of sp³-hybridized carbons (Fsp3) is 0.100. The third-order valence-corrected chi connectivity index (χ3v) is 0.940. The molecule has 1 rings (SSSR count). The van der Waals surface area contributed by atoms with Gasteiger partial charge in [0.25, 0.3) is 0 Å². The minimum atomic E-state index is 0. The normalized spacial score (nSPS) is 5.21. The van der Waals surface area contributed by atoms with Crippen LogP contribution in [0.5, 0.6) is 0 Å². The van der Waals surface area contributed by atoms with Gasteiger partial charge >= 0.3 is 0 Å². The Bertz CT molecular complexity index is 175. The van der Waals surface area contributed by atoms with E-state index in [1.54, 1.807) is 0 Å². The van der Waals surface area contributed by atoms with Gasteiger partial charge in [0.05, 0.1) is 0 Å². The topological polar surface area (TPSA) is 51.2 Å². The summed E-state index contributed by atoms with van der Waals surface area (Å²) in [7, 11) is 0. The summed E-state index contributed by atoms with van der Waals surface area (Å²) in [5.74, 6) is 0. The van der Waals surface area contributed by atoms with Crippen LogP contribution in [0.4, 0.5) is 0 Å². The molecule has 0 aliphatic heterocycles. The van der Waals surface area contributed by atoms with Gasteiger partial charge in [-0.3, -0.25) is 0 Å². The molecular weight excluding hydrogens is 352 g/mol. The molecule has 1 aromatic carbocycles. The maximum absolute atomic E-state index is 8.00. The summed E-state index contributed by atoms with van der Waals surface area (Å²) in [6.07, 6.45) is 0. The maximum atomic E-state index is 8.00. The standard InChI is InChI=1S/C7H8.3CH2O.W/c1-7-5-3-2-4-6-7;3*1-2;/h2-6H,1H3;3*1H2;. The molecule has 0 N–H and O–H groups in total. The van der Waals surface area contributed by atoms with Gasteiger partial charge in [0.1, 0.15) is 20.4 Å². The fourth-order valence-corrected chi connectivity index (χ4v) is 0.534. The Morgan fingerprint density at radius 1 is 0.786 bits per heavy atom. The molecule has 0 aromatic heterocycles. The first-order valence-corrected chi connectivity index (χ1v) is 3.28. The van der Waals surface area contributed by atoms with Crippen LogP contribution in [0, 0.1) is 6.92 Å². The number of carbonyl (C=O) groups excluding carboxylic acids is 3. The Hall–Kier alpha value is -1.08. The second kappa shape index (κ2) is 29.7. The summed E-state index contributed by atoms with van der Waals surface area (Å²) < 4.78 is 0. The summed E-state index contributed by atoms with van der Waals surface area (Å²) >= 11 is 0. The summed E-state index contributed by atoms with van der Waals surface area (Å²) in [6.45, 7) is 8.08. The van der Waals surface area contributed by atoms with Gasteiger partial charge in [-0.25, -0.2) is 0 Å². The van der Waals surface area contributed by atoms with Crippen molar-refractivity contribution in [1.29, 1.82) is 0 Å². The van der Waals surface area contributed by atoms with E-state index in [2.05, 4.69) is 19.1 Å². The number of carbonyl (C=O) groups is 3. The number of benzene rings is 1. The van der Waals surface area contributed by atoms with Gasteiger partial charge in [-0.1, -0.05) is 35.9 Å². The van der Waals surface area contributed by atoms with E-state index < -0.39 is 0 Å². The van der Waals surface area contributed by atoms with Gasteiger partial charge in [0.2, 0.25) is 0 Å². The van der Waals surface area contributed by atoms with Crippen LogP contribution in [-0.2, 0) is 35.4 Å². The molecule has 0 amide bonds. The van der Waals surface area contributed by atoms with Crippen molar-refractivity contribution in [2.75, 3.05) is 0 Å². The molecule has 4 heteroatoms. The molecule has 3 nitrogen and oxygen atoms in total. The molecule has 0 fully saturated rings. The summed E-state index contributed by atoms with van der Waals surface area (Å²) in [5.41, 5.74) is 1.32. The minimum Gasteiger partial charge on any atom is -0.307 e. The van der Waals surface area contributed by atoms with Crippen LogP contribution in [0.2, 0.25) is 0 Å². The minimum absolute atomic E-state index is 0. The molecular formula is C10H14O3W. The van der Waals surface area contributed by atoms with Crippen LogP contribution in [-0.4, -0.2) is 20.4 Å². The Morgan fingerprint density at radius 2 is 1.07 bits per heavy atom. The van der Waals surface area contributed by atoms with Gasteiger partial charge in [-0.05, 0) is 6.92 Å². The van der Waals surface area contributed by atoms with Crippen molar-refractivity contribution >= 4 is 20.4 Å². The molecule has 0 saturated carbocycles. The Kier molecular flexibility index (Phi) is 48.9. The predicted octanol–water partition coefficient (Wildman–Crippen LogP) is 1.44. The van der Waals surface area contributed by atoms with Crippen LogP contribution in [0.3, 0.4) is 0 Å². The van der Waals surface area contributed by atoms with Gasteiger partial charge < -0.3 is 14.4 Å². The molecule has 0 heterocycles. The van der Waals surface area contributed by atoms with E-state index in [4.69, 9.17) is 14.4 Å². The number of hydrogen-bond acceptors (Lipinski definition) is 3. The molecule has 0 aliphatic carbocycles. The molecule has 1 aromatic rings. The van der Waals surface area contributed by atoms with Gasteiger partial charge in [0, 0.05) is 21.1 Å². The van der Waals surface area contributed by atoms with Crippen molar-refractivity contribution in [1.82, 2.24) is 0 Å².